The molecule has 0 spiro atoms. The van der Waals surface area contributed by atoms with Crippen molar-refractivity contribution in [3.05, 3.63) is 52.6 Å². The van der Waals surface area contributed by atoms with Crippen LogP contribution in [0.1, 0.15) is 39.9 Å². The van der Waals surface area contributed by atoms with Crippen LogP contribution in [0.25, 0.3) is 0 Å². The molecule has 35 heavy (non-hydrogen) atoms. The highest BCUT2D eigenvalue weighted by atomic mass is 16.5. The van der Waals surface area contributed by atoms with Crippen molar-refractivity contribution in [2.24, 2.45) is 0 Å². The highest BCUT2D eigenvalue weighted by Gasteiger charge is 2.19. The molecule has 192 valence electrons. The van der Waals surface area contributed by atoms with E-state index in [0.29, 0.717) is 31.1 Å². The van der Waals surface area contributed by atoms with Crippen molar-refractivity contribution in [3.8, 4) is 17.2 Å². The summed E-state index contributed by atoms with van der Waals surface area (Å²) in [7, 11) is 3.33. The Kier molecular flexibility index (Phi) is 10.7. The Morgan fingerprint density at radius 2 is 1.77 bits per heavy atom. The van der Waals surface area contributed by atoms with E-state index in [1.54, 1.807) is 14.2 Å². The molecule has 0 radical (unpaired) electrons. The van der Waals surface area contributed by atoms with Gasteiger partial charge in [-0.2, -0.15) is 0 Å². The number of aliphatic hydroxyl groups is 1. The van der Waals surface area contributed by atoms with Crippen LogP contribution >= 0.6 is 0 Å². The van der Waals surface area contributed by atoms with Crippen LogP contribution in [0, 0.1) is 6.92 Å². The predicted octanol–water partition coefficient (Wildman–Crippen LogP) is 2.97. The molecule has 0 aromatic heterocycles. The number of unbranched alkanes of at least 4 members (excludes halogenated alkanes) is 1. The maximum atomic E-state index is 12.8. The van der Waals surface area contributed by atoms with Crippen molar-refractivity contribution in [1.82, 2.24) is 10.2 Å². The molecule has 0 saturated carbocycles. The van der Waals surface area contributed by atoms with Gasteiger partial charge < -0.3 is 29.4 Å². The van der Waals surface area contributed by atoms with Crippen LogP contribution in [0.5, 0.6) is 17.2 Å². The number of nitrogens with zero attached hydrogens (tertiary/aromatic N) is 1. The van der Waals surface area contributed by atoms with Gasteiger partial charge in [-0.05, 0) is 68.1 Å². The summed E-state index contributed by atoms with van der Waals surface area (Å²) in [4.78, 5) is 15.2. The third-order valence-corrected chi connectivity index (χ3v) is 6.08. The summed E-state index contributed by atoms with van der Waals surface area (Å²) in [5.41, 5.74) is 4.14. The zero-order chi connectivity index (χ0) is 25.0. The minimum atomic E-state index is -0.132. The van der Waals surface area contributed by atoms with Crippen LogP contribution in [-0.2, 0) is 17.7 Å². The number of hydrogen-bond donors (Lipinski definition) is 2. The van der Waals surface area contributed by atoms with Gasteiger partial charge in [0.2, 0.25) is 0 Å². The molecule has 1 aliphatic heterocycles. The zero-order valence-corrected chi connectivity index (χ0v) is 21.1. The standard InChI is InChI=1S/C27H38N2O6/c1-20-6-7-24(35-15-14-34-13-12-30)23(16-20)27(31)28-9-4-5-10-29-11-8-21-17-25(32-2)26(33-3)18-22(21)19-29/h6-7,16-18,30H,4-5,8-15,19H2,1-3H3,(H,28,31). The first-order valence-corrected chi connectivity index (χ1v) is 12.2. The summed E-state index contributed by atoms with van der Waals surface area (Å²) in [5.74, 6) is 1.97. The van der Waals surface area contributed by atoms with Gasteiger partial charge in [-0.15, -0.1) is 0 Å². The molecule has 0 bridgehead atoms. The first kappa shape index (κ1) is 26.8. The van der Waals surface area contributed by atoms with E-state index >= 15 is 0 Å². The van der Waals surface area contributed by atoms with E-state index in [-0.39, 0.29) is 19.1 Å². The smallest absolute Gasteiger partial charge is 0.255 e. The molecule has 0 atom stereocenters. The number of nitrogens with one attached hydrogen (secondary N) is 1. The zero-order valence-electron chi connectivity index (χ0n) is 21.1. The number of carbonyl (C=O) groups is 1. The van der Waals surface area contributed by atoms with Gasteiger partial charge in [0, 0.05) is 19.6 Å². The lowest BCUT2D eigenvalue weighted by molar-refractivity contribution is 0.0699. The Morgan fingerprint density at radius 1 is 1.00 bits per heavy atom. The first-order valence-electron chi connectivity index (χ1n) is 12.2. The second kappa shape index (κ2) is 13.9. The van der Waals surface area contributed by atoms with Gasteiger partial charge >= 0.3 is 0 Å². The number of rotatable bonds is 14. The van der Waals surface area contributed by atoms with Gasteiger partial charge in [0.1, 0.15) is 12.4 Å². The van der Waals surface area contributed by atoms with Gasteiger partial charge in [0.05, 0.1) is 39.6 Å². The minimum Gasteiger partial charge on any atom is -0.493 e. The highest BCUT2D eigenvalue weighted by molar-refractivity contribution is 5.97. The van der Waals surface area contributed by atoms with Crippen LogP contribution in [0.2, 0.25) is 0 Å². The van der Waals surface area contributed by atoms with Gasteiger partial charge in [0.25, 0.3) is 5.91 Å². The van der Waals surface area contributed by atoms with Crippen molar-refractivity contribution in [1.29, 1.82) is 0 Å². The fraction of sp³-hybridized carbons (Fsp3) is 0.519. The fourth-order valence-electron chi connectivity index (χ4n) is 4.21. The molecule has 2 aromatic carbocycles. The largest absolute Gasteiger partial charge is 0.493 e. The molecule has 2 N–H and O–H groups in total. The lowest BCUT2D eigenvalue weighted by Crippen LogP contribution is -2.32. The van der Waals surface area contributed by atoms with E-state index in [1.807, 2.05) is 25.1 Å². The molecule has 0 unspecified atom stereocenters. The molecule has 8 nitrogen and oxygen atoms in total. The van der Waals surface area contributed by atoms with E-state index in [0.717, 1.165) is 56.0 Å². The summed E-state index contributed by atoms with van der Waals surface area (Å²) in [5, 5.41) is 11.8. The van der Waals surface area contributed by atoms with Gasteiger partial charge in [-0.1, -0.05) is 11.6 Å². The van der Waals surface area contributed by atoms with E-state index in [2.05, 4.69) is 22.3 Å². The lowest BCUT2D eigenvalue weighted by atomic mass is 9.98. The average Bonchev–Trinajstić information content (AvgIpc) is 2.87. The Labute approximate surface area is 208 Å². The molecular weight excluding hydrogens is 448 g/mol. The summed E-state index contributed by atoms with van der Waals surface area (Å²) < 4.78 is 21.8. The molecular formula is C27H38N2O6. The molecule has 1 aliphatic rings. The van der Waals surface area contributed by atoms with Gasteiger partial charge in [0.15, 0.2) is 11.5 Å². The molecule has 2 aromatic rings. The Balaban J connectivity index is 1.42. The van der Waals surface area contributed by atoms with Crippen molar-refractivity contribution in [2.75, 3.05) is 60.3 Å². The number of aliphatic hydroxyl groups excluding tert-OH is 1. The van der Waals surface area contributed by atoms with E-state index in [4.69, 9.17) is 24.1 Å². The summed E-state index contributed by atoms with van der Waals surface area (Å²) in [6.45, 7) is 6.39. The van der Waals surface area contributed by atoms with E-state index in [9.17, 15) is 4.79 Å². The number of hydrogen-bond acceptors (Lipinski definition) is 7. The van der Waals surface area contributed by atoms with Crippen LogP contribution < -0.4 is 19.5 Å². The molecule has 1 amide bonds. The lowest BCUT2D eigenvalue weighted by Gasteiger charge is -2.29. The molecule has 0 saturated heterocycles. The van der Waals surface area contributed by atoms with Crippen molar-refractivity contribution >= 4 is 5.91 Å². The van der Waals surface area contributed by atoms with Crippen LogP contribution in [0.15, 0.2) is 30.3 Å². The molecule has 3 rings (SSSR count). The second-order valence-electron chi connectivity index (χ2n) is 8.65. The Morgan fingerprint density at radius 3 is 2.51 bits per heavy atom. The van der Waals surface area contributed by atoms with Gasteiger partial charge in [-0.3, -0.25) is 9.69 Å². The third-order valence-electron chi connectivity index (χ3n) is 6.08. The molecule has 0 fully saturated rings. The predicted molar refractivity (Wildman–Crippen MR) is 135 cm³/mol. The molecule has 0 aliphatic carbocycles. The number of amides is 1. The van der Waals surface area contributed by atoms with Crippen LogP contribution in [0.3, 0.4) is 0 Å². The number of benzene rings is 2. The Hall–Kier alpha value is -2.81. The van der Waals surface area contributed by atoms with Crippen LogP contribution in [-0.4, -0.2) is 76.2 Å². The monoisotopic (exact) mass is 486 g/mol. The van der Waals surface area contributed by atoms with Crippen LogP contribution in [0.4, 0.5) is 0 Å². The van der Waals surface area contributed by atoms with E-state index < -0.39 is 0 Å². The number of carbonyl (C=O) groups excluding carboxylic acids is 1. The number of ether oxygens (including phenoxy) is 4. The summed E-state index contributed by atoms with van der Waals surface area (Å²) in [6.07, 6.45) is 2.90. The first-order chi connectivity index (χ1) is 17.0. The average molecular weight is 487 g/mol. The SMILES string of the molecule is COc1cc2c(cc1OC)CN(CCCCNC(=O)c1cc(C)ccc1OCCOCCO)CC2. The summed E-state index contributed by atoms with van der Waals surface area (Å²) in [6, 6.07) is 9.75. The fourth-order valence-corrected chi connectivity index (χ4v) is 4.21. The maximum absolute atomic E-state index is 12.8. The van der Waals surface area contributed by atoms with E-state index in [1.165, 1.54) is 11.1 Å². The second-order valence-corrected chi connectivity index (χ2v) is 8.65. The number of fused-ring (bicyclic) bond motifs is 1. The van der Waals surface area contributed by atoms with Crippen molar-refractivity contribution in [2.45, 2.75) is 32.7 Å². The molecule has 1 heterocycles. The third kappa shape index (κ3) is 7.85. The number of aryl methyl sites for hydroxylation is 1. The quantitative estimate of drug-likeness (QED) is 0.397. The number of methoxy groups -OCH3 is 2. The molecule has 8 heteroatoms. The van der Waals surface area contributed by atoms with Crippen molar-refractivity contribution in [3.63, 3.8) is 0 Å². The normalized spacial score (nSPS) is 13.3. The summed E-state index contributed by atoms with van der Waals surface area (Å²) >= 11 is 0. The topological polar surface area (TPSA) is 89.5 Å². The highest BCUT2D eigenvalue weighted by Crippen LogP contribution is 2.33. The Bertz CT molecular complexity index is 965. The van der Waals surface area contributed by atoms with Gasteiger partial charge in [-0.25, -0.2) is 0 Å². The van der Waals surface area contributed by atoms with Crippen molar-refractivity contribution < 1.29 is 28.8 Å². The minimum absolute atomic E-state index is 0.0206. The maximum Gasteiger partial charge on any atom is 0.255 e.